The number of halogens is 1. The second-order valence-corrected chi connectivity index (χ2v) is 8.77. The summed E-state index contributed by atoms with van der Waals surface area (Å²) >= 11 is 3.37. The number of methoxy groups -OCH3 is 2. The molecule has 2 aliphatic heterocycles. The number of likely N-dealkylation sites (tertiary alicyclic amines) is 1. The van der Waals surface area contributed by atoms with Crippen LogP contribution in [0.15, 0.2) is 16.6 Å². The largest absolute Gasteiger partial charge is 0.496 e. The first-order valence-electron chi connectivity index (χ1n) is 10.4. The third kappa shape index (κ3) is 5.25. The van der Waals surface area contributed by atoms with Crippen LogP contribution in [0.1, 0.15) is 36.0 Å². The predicted molar refractivity (Wildman–Crippen MR) is 119 cm³/mol. The SMILES string of the molecule is COC(=O)C(C1CCNCC1)N1CCC(NC(=O)c2cc(Br)c(N)cc2OC)CC1. The molecule has 1 aromatic rings. The van der Waals surface area contributed by atoms with Gasteiger partial charge in [0.15, 0.2) is 0 Å². The number of carbonyl (C=O) groups is 2. The van der Waals surface area contributed by atoms with Crippen molar-refractivity contribution in [1.29, 1.82) is 0 Å². The Labute approximate surface area is 186 Å². The molecule has 1 amide bonds. The maximum absolute atomic E-state index is 12.8. The molecule has 0 radical (unpaired) electrons. The molecule has 2 heterocycles. The Hall–Kier alpha value is -1.84. The number of nitrogens with one attached hydrogen (secondary N) is 2. The zero-order chi connectivity index (χ0) is 21.7. The van der Waals surface area contributed by atoms with Crippen LogP contribution >= 0.6 is 15.9 Å². The van der Waals surface area contributed by atoms with Gasteiger partial charge in [-0.05, 0) is 66.7 Å². The van der Waals surface area contributed by atoms with Crippen molar-refractivity contribution in [3.8, 4) is 5.75 Å². The number of piperidine rings is 2. The molecule has 30 heavy (non-hydrogen) atoms. The van der Waals surface area contributed by atoms with Crippen LogP contribution in [-0.4, -0.2) is 69.3 Å². The minimum absolute atomic E-state index is 0.0427. The molecule has 2 saturated heterocycles. The van der Waals surface area contributed by atoms with E-state index in [2.05, 4.69) is 31.5 Å². The van der Waals surface area contributed by atoms with Crippen molar-refractivity contribution >= 4 is 33.5 Å². The summed E-state index contributed by atoms with van der Waals surface area (Å²) in [6.07, 6.45) is 3.51. The summed E-state index contributed by atoms with van der Waals surface area (Å²) in [5, 5.41) is 6.46. The standard InChI is InChI=1S/C21H31BrN4O4/c1-29-18-12-17(23)16(22)11-15(18)20(27)25-14-5-9-26(10-6-14)19(21(28)30-2)13-3-7-24-8-4-13/h11-14,19,24H,3-10,23H2,1-2H3,(H,25,27). The summed E-state index contributed by atoms with van der Waals surface area (Å²) in [5.74, 6) is 0.415. The van der Waals surface area contributed by atoms with E-state index in [9.17, 15) is 9.59 Å². The van der Waals surface area contributed by atoms with E-state index in [4.69, 9.17) is 15.2 Å². The van der Waals surface area contributed by atoms with E-state index in [1.807, 2.05) is 0 Å². The third-order valence-electron chi connectivity index (χ3n) is 6.09. The van der Waals surface area contributed by atoms with Gasteiger partial charge in [-0.1, -0.05) is 0 Å². The Morgan fingerprint density at radius 1 is 1.20 bits per heavy atom. The number of nitrogens with two attached hydrogens (primary N) is 1. The van der Waals surface area contributed by atoms with Crippen LogP contribution in [0.4, 0.5) is 5.69 Å². The summed E-state index contributed by atoms with van der Waals surface area (Å²) in [6.45, 7) is 3.36. The number of carbonyl (C=O) groups excluding carboxylic acids is 2. The highest BCUT2D eigenvalue weighted by Crippen LogP contribution is 2.30. The van der Waals surface area contributed by atoms with Gasteiger partial charge in [0.2, 0.25) is 0 Å². The first-order valence-corrected chi connectivity index (χ1v) is 11.2. The topological polar surface area (TPSA) is 106 Å². The Bertz CT molecular complexity index is 762. The number of anilines is 1. The van der Waals surface area contributed by atoms with Crippen LogP contribution in [-0.2, 0) is 9.53 Å². The average molecular weight is 483 g/mol. The Kier molecular flexibility index (Phi) is 7.96. The first-order chi connectivity index (χ1) is 14.4. The van der Waals surface area contributed by atoms with Gasteiger partial charge in [0.25, 0.3) is 5.91 Å². The number of rotatable bonds is 6. The number of hydrogen-bond acceptors (Lipinski definition) is 7. The van der Waals surface area contributed by atoms with Gasteiger partial charge in [-0.25, -0.2) is 0 Å². The lowest BCUT2D eigenvalue weighted by Crippen LogP contribution is -2.54. The lowest BCUT2D eigenvalue weighted by molar-refractivity contribution is -0.150. The zero-order valence-electron chi connectivity index (χ0n) is 17.6. The molecule has 0 saturated carbocycles. The van der Waals surface area contributed by atoms with Gasteiger partial charge in [0, 0.05) is 35.4 Å². The first kappa shape index (κ1) is 22.8. The lowest BCUT2D eigenvalue weighted by Gasteiger charge is -2.40. The van der Waals surface area contributed by atoms with Gasteiger partial charge in [-0.3, -0.25) is 14.5 Å². The number of amides is 1. The van der Waals surface area contributed by atoms with Gasteiger partial charge in [-0.2, -0.15) is 0 Å². The summed E-state index contributed by atoms with van der Waals surface area (Å²) in [7, 11) is 2.98. The number of esters is 1. The predicted octanol–water partition coefficient (Wildman–Crippen LogP) is 1.78. The summed E-state index contributed by atoms with van der Waals surface area (Å²) in [4.78, 5) is 27.6. The molecule has 0 aliphatic carbocycles. The fourth-order valence-electron chi connectivity index (χ4n) is 4.42. The molecule has 3 rings (SSSR count). The highest BCUT2D eigenvalue weighted by atomic mass is 79.9. The van der Waals surface area contributed by atoms with E-state index in [-0.39, 0.29) is 24.0 Å². The second kappa shape index (κ2) is 10.5. The van der Waals surface area contributed by atoms with Gasteiger partial charge in [0.05, 0.1) is 19.8 Å². The van der Waals surface area contributed by atoms with Gasteiger partial charge >= 0.3 is 5.97 Å². The van der Waals surface area contributed by atoms with Crippen molar-refractivity contribution in [3.63, 3.8) is 0 Å². The fourth-order valence-corrected chi connectivity index (χ4v) is 4.76. The molecule has 2 aliphatic rings. The van der Waals surface area contributed by atoms with Crippen molar-refractivity contribution < 1.29 is 19.1 Å². The Morgan fingerprint density at radius 3 is 2.47 bits per heavy atom. The molecule has 1 atom stereocenters. The van der Waals surface area contributed by atoms with Crippen LogP contribution in [0.3, 0.4) is 0 Å². The normalized spacial score (nSPS) is 19.8. The maximum Gasteiger partial charge on any atom is 0.323 e. The number of nitrogen functional groups attached to an aromatic ring is 1. The molecule has 9 heteroatoms. The van der Waals surface area contributed by atoms with Gasteiger partial charge in [-0.15, -0.1) is 0 Å². The minimum atomic E-state index is -0.207. The second-order valence-electron chi connectivity index (χ2n) is 7.91. The van der Waals surface area contributed by atoms with E-state index in [1.54, 1.807) is 12.1 Å². The maximum atomic E-state index is 12.8. The van der Waals surface area contributed by atoms with Crippen molar-refractivity contribution in [2.45, 2.75) is 37.8 Å². The molecular weight excluding hydrogens is 452 g/mol. The van der Waals surface area contributed by atoms with Crippen molar-refractivity contribution in [2.24, 2.45) is 5.92 Å². The van der Waals surface area contributed by atoms with Crippen LogP contribution in [0.5, 0.6) is 5.75 Å². The molecule has 4 N–H and O–H groups in total. The highest BCUT2D eigenvalue weighted by Gasteiger charge is 2.37. The summed E-state index contributed by atoms with van der Waals surface area (Å²) in [5.41, 5.74) is 6.85. The average Bonchev–Trinajstić information content (AvgIpc) is 2.77. The van der Waals surface area contributed by atoms with Crippen LogP contribution < -0.4 is 21.1 Å². The fraction of sp³-hybridized carbons (Fsp3) is 0.619. The number of benzene rings is 1. The van der Waals surface area contributed by atoms with Crippen LogP contribution in [0.25, 0.3) is 0 Å². The lowest BCUT2D eigenvalue weighted by atomic mass is 9.87. The Balaban J connectivity index is 1.61. The van der Waals surface area contributed by atoms with Crippen LogP contribution in [0.2, 0.25) is 0 Å². The van der Waals surface area contributed by atoms with E-state index in [0.29, 0.717) is 27.4 Å². The number of nitrogens with zero attached hydrogens (tertiary/aromatic N) is 1. The monoisotopic (exact) mass is 482 g/mol. The van der Waals surface area contributed by atoms with Crippen molar-refractivity contribution in [2.75, 3.05) is 46.1 Å². The zero-order valence-corrected chi connectivity index (χ0v) is 19.2. The number of ether oxygens (including phenoxy) is 2. The summed E-state index contributed by atoms with van der Waals surface area (Å²) in [6, 6.07) is 3.16. The van der Waals surface area contributed by atoms with E-state index in [1.165, 1.54) is 14.2 Å². The molecule has 166 valence electrons. The van der Waals surface area contributed by atoms with E-state index in [0.717, 1.165) is 51.9 Å². The van der Waals surface area contributed by atoms with Gasteiger partial charge in [0.1, 0.15) is 11.8 Å². The molecule has 1 unspecified atom stereocenters. The minimum Gasteiger partial charge on any atom is -0.496 e. The quantitative estimate of drug-likeness (QED) is 0.419. The highest BCUT2D eigenvalue weighted by molar-refractivity contribution is 9.10. The van der Waals surface area contributed by atoms with E-state index >= 15 is 0 Å². The van der Waals surface area contributed by atoms with Crippen molar-refractivity contribution in [1.82, 2.24) is 15.5 Å². The molecular formula is C21H31BrN4O4. The van der Waals surface area contributed by atoms with Gasteiger partial charge < -0.3 is 25.8 Å². The molecule has 0 aromatic heterocycles. The van der Waals surface area contributed by atoms with E-state index < -0.39 is 0 Å². The van der Waals surface area contributed by atoms with Crippen molar-refractivity contribution in [3.05, 3.63) is 22.2 Å². The molecule has 0 bridgehead atoms. The summed E-state index contributed by atoms with van der Waals surface area (Å²) < 4.78 is 11.1. The number of hydrogen-bond donors (Lipinski definition) is 3. The molecule has 8 nitrogen and oxygen atoms in total. The Morgan fingerprint density at radius 2 is 1.87 bits per heavy atom. The molecule has 0 spiro atoms. The smallest absolute Gasteiger partial charge is 0.323 e. The van der Waals surface area contributed by atoms with Crippen LogP contribution in [0, 0.1) is 5.92 Å². The molecule has 2 fully saturated rings. The third-order valence-corrected chi connectivity index (χ3v) is 6.78. The molecule has 1 aromatic carbocycles.